The molecule has 0 spiro atoms. The molecule has 0 bridgehead atoms. The number of rotatable bonds is 6. The maximum absolute atomic E-state index is 11.6. The van der Waals surface area contributed by atoms with Crippen LogP contribution in [0.2, 0.25) is 0 Å². The van der Waals surface area contributed by atoms with Gasteiger partial charge in [0.15, 0.2) is 0 Å². The number of nitrogens with zero attached hydrogens (tertiary/aromatic N) is 2. The van der Waals surface area contributed by atoms with Crippen molar-refractivity contribution in [3.05, 3.63) is 57.8 Å². The van der Waals surface area contributed by atoms with E-state index in [1.165, 1.54) is 5.56 Å². The lowest BCUT2D eigenvalue weighted by Crippen LogP contribution is -2.52. The molecule has 2 unspecified atom stereocenters. The van der Waals surface area contributed by atoms with Crippen LogP contribution in [0.15, 0.2) is 41.1 Å². The van der Waals surface area contributed by atoms with Gasteiger partial charge in [-0.3, -0.25) is 9.69 Å². The number of aliphatic hydroxyl groups is 1. The highest BCUT2D eigenvalue weighted by atomic mass is 35.5. The Morgan fingerprint density at radius 1 is 1.41 bits per heavy atom. The minimum Gasteiger partial charge on any atom is -0.385 e. The van der Waals surface area contributed by atoms with Gasteiger partial charge in [-0.05, 0) is 60.6 Å². The molecule has 2 atom stereocenters. The van der Waals surface area contributed by atoms with Crippen molar-refractivity contribution >= 4 is 29.7 Å². The number of halogens is 1. The zero-order chi connectivity index (χ0) is 18.7. The smallest absolute Gasteiger partial charge is 0.248 e. The van der Waals surface area contributed by atoms with Crippen LogP contribution in [0.4, 0.5) is 0 Å². The summed E-state index contributed by atoms with van der Waals surface area (Å²) in [5, 5.41) is 15.9. The maximum Gasteiger partial charge on any atom is 0.248 e. The summed E-state index contributed by atoms with van der Waals surface area (Å²) in [6.45, 7) is 3.31. The van der Waals surface area contributed by atoms with Gasteiger partial charge in [-0.1, -0.05) is 12.1 Å². The molecule has 1 aromatic heterocycles. The van der Waals surface area contributed by atoms with Gasteiger partial charge in [0.1, 0.15) is 0 Å². The molecule has 0 aliphatic carbocycles. The fraction of sp³-hybridized carbons (Fsp3) is 0.450. The van der Waals surface area contributed by atoms with E-state index < -0.39 is 11.5 Å². The summed E-state index contributed by atoms with van der Waals surface area (Å²) >= 11 is 1.71. The first-order valence-corrected chi connectivity index (χ1v) is 9.83. The van der Waals surface area contributed by atoms with E-state index in [1.807, 2.05) is 20.2 Å². The van der Waals surface area contributed by atoms with Gasteiger partial charge in [0, 0.05) is 37.7 Å². The van der Waals surface area contributed by atoms with Crippen LogP contribution in [-0.4, -0.2) is 54.5 Å². The Morgan fingerprint density at radius 2 is 2.19 bits per heavy atom. The highest BCUT2D eigenvalue weighted by molar-refractivity contribution is 7.07. The van der Waals surface area contributed by atoms with Crippen LogP contribution >= 0.6 is 23.7 Å². The highest BCUT2D eigenvalue weighted by Crippen LogP contribution is 2.38. The van der Waals surface area contributed by atoms with Crippen molar-refractivity contribution in [1.29, 1.82) is 0 Å². The molecule has 1 aromatic carbocycles. The molecule has 0 saturated carbocycles. The summed E-state index contributed by atoms with van der Waals surface area (Å²) < 4.78 is 0. The van der Waals surface area contributed by atoms with Crippen LogP contribution in [0.25, 0.3) is 0 Å². The zero-order valence-corrected chi connectivity index (χ0v) is 17.4. The third kappa shape index (κ3) is 5.09. The quantitative estimate of drug-likeness (QED) is 0.769. The number of benzene rings is 1. The second kappa shape index (κ2) is 9.17. The Morgan fingerprint density at radius 3 is 2.81 bits per heavy atom. The molecular weight excluding hydrogens is 382 g/mol. The van der Waals surface area contributed by atoms with Crippen LogP contribution in [0.5, 0.6) is 0 Å². The van der Waals surface area contributed by atoms with Gasteiger partial charge < -0.3 is 15.7 Å². The SMILES string of the molecule is CN(C)CC1CN(Cc2ccsc2)CCC1(O)c1cccc(C(N)=O)c1.Cl. The molecule has 1 amide bonds. The minimum atomic E-state index is -0.957. The van der Waals surface area contributed by atoms with Crippen LogP contribution in [-0.2, 0) is 12.1 Å². The Labute approximate surface area is 171 Å². The minimum absolute atomic E-state index is 0. The van der Waals surface area contributed by atoms with Gasteiger partial charge in [0.25, 0.3) is 0 Å². The zero-order valence-electron chi connectivity index (χ0n) is 15.8. The monoisotopic (exact) mass is 409 g/mol. The van der Waals surface area contributed by atoms with Crippen molar-refractivity contribution in [2.45, 2.75) is 18.6 Å². The molecule has 1 saturated heterocycles. The molecule has 148 valence electrons. The number of carbonyl (C=O) groups is 1. The molecule has 1 aliphatic rings. The number of likely N-dealkylation sites (tertiary alicyclic amines) is 1. The van der Waals surface area contributed by atoms with E-state index in [4.69, 9.17) is 5.73 Å². The lowest BCUT2D eigenvalue weighted by Gasteiger charge is -2.46. The highest BCUT2D eigenvalue weighted by Gasteiger charge is 2.43. The number of nitrogens with two attached hydrogens (primary N) is 1. The predicted octanol–water partition coefficient (Wildman–Crippen LogP) is 2.54. The van der Waals surface area contributed by atoms with E-state index in [2.05, 4.69) is 26.6 Å². The average Bonchev–Trinajstić information content (AvgIpc) is 3.10. The van der Waals surface area contributed by atoms with Crippen LogP contribution in [0.3, 0.4) is 0 Å². The van der Waals surface area contributed by atoms with Crippen molar-refractivity contribution < 1.29 is 9.90 Å². The van der Waals surface area contributed by atoms with Crippen molar-refractivity contribution in [3.8, 4) is 0 Å². The Balaban J connectivity index is 0.00000261. The number of primary amides is 1. The summed E-state index contributed by atoms with van der Waals surface area (Å²) in [7, 11) is 4.05. The second-order valence-corrected chi connectivity index (χ2v) is 8.23. The Kier molecular flexibility index (Phi) is 7.42. The fourth-order valence-electron chi connectivity index (χ4n) is 3.84. The molecule has 2 heterocycles. The van der Waals surface area contributed by atoms with Crippen molar-refractivity contribution in [2.75, 3.05) is 33.7 Å². The number of hydrogen-bond acceptors (Lipinski definition) is 5. The number of piperidine rings is 1. The summed E-state index contributed by atoms with van der Waals surface area (Å²) in [5.41, 5.74) is 7.03. The number of carbonyl (C=O) groups excluding carboxylic acids is 1. The first-order valence-electron chi connectivity index (χ1n) is 8.89. The maximum atomic E-state index is 11.6. The van der Waals surface area contributed by atoms with E-state index in [0.29, 0.717) is 12.0 Å². The Bertz CT molecular complexity index is 753. The normalized spacial score (nSPS) is 23.2. The average molecular weight is 410 g/mol. The predicted molar refractivity (Wildman–Crippen MR) is 112 cm³/mol. The van der Waals surface area contributed by atoms with Gasteiger partial charge in [-0.2, -0.15) is 11.3 Å². The summed E-state index contributed by atoms with van der Waals surface area (Å²) in [5.74, 6) is -0.414. The topological polar surface area (TPSA) is 69.8 Å². The number of amides is 1. The standard InChI is InChI=1S/C20H27N3O2S.ClH/c1-22(2)12-18-13-23(11-15-6-9-26-14-15)8-7-20(18,25)17-5-3-4-16(10-17)19(21)24;/h3-6,9-10,14,18,25H,7-8,11-13H2,1-2H3,(H2,21,24);1H. The number of thiophene rings is 1. The third-order valence-electron chi connectivity index (χ3n) is 5.18. The second-order valence-electron chi connectivity index (χ2n) is 7.45. The van der Waals surface area contributed by atoms with E-state index in [0.717, 1.165) is 31.7 Å². The first-order chi connectivity index (χ1) is 12.4. The summed E-state index contributed by atoms with van der Waals surface area (Å²) in [4.78, 5) is 16.1. The van der Waals surface area contributed by atoms with Gasteiger partial charge in [-0.15, -0.1) is 12.4 Å². The molecule has 3 N–H and O–H groups in total. The molecular formula is C20H28ClN3O2S. The van der Waals surface area contributed by atoms with Gasteiger partial charge in [0.05, 0.1) is 5.60 Å². The fourth-order valence-corrected chi connectivity index (χ4v) is 4.50. The largest absolute Gasteiger partial charge is 0.385 e. The van der Waals surface area contributed by atoms with E-state index in [1.54, 1.807) is 29.5 Å². The number of hydrogen-bond donors (Lipinski definition) is 2. The van der Waals surface area contributed by atoms with Crippen LogP contribution in [0, 0.1) is 5.92 Å². The third-order valence-corrected chi connectivity index (χ3v) is 5.91. The molecule has 27 heavy (non-hydrogen) atoms. The van der Waals surface area contributed by atoms with Crippen LogP contribution in [0.1, 0.15) is 27.9 Å². The van der Waals surface area contributed by atoms with Gasteiger partial charge >= 0.3 is 0 Å². The first kappa shape index (κ1) is 21.9. The summed E-state index contributed by atoms with van der Waals surface area (Å²) in [6.07, 6.45) is 0.637. The molecule has 7 heteroatoms. The molecule has 2 aromatic rings. The van der Waals surface area contributed by atoms with Crippen LogP contribution < -0.4 is 5.73 Å². The molecule has 1 fully saturated rings. The van der Waals surface area contributed by atoms with Crippen molar-refractivity contribution in [1.82, 2.24) is 9.80 Å². The van der Waals surface area contributed by atoms with E-state index >= 15 is 0 Å². The molecule has 5 nitrogen and oxygen atoms in total. The van der Waals surface area contributed by atoms with E-state index in [-0.39, 0.29) is 18.3 Å². The Hall–Kier alpha value is -1.44. The van der Waals surface area contributed by atoms with Gasteiger partial charge in [0.2, 0.25) is 5.91 Å². The molecule has 0 radical (unpaired) electrons. The van der Waals surface area contributed by atoms with E-state index in [9.17, 15) is 9.90 Å². The summed E-state index contributed by atoms with van der Waals surface area (Å²) in [6, 6.07) is 9.31. The van der Waals surface area contributed by atoms with Crippen molar-refractivity contribution in [2.24, 2.45) is 11.7 Å². The molecule has 3 rings (SSSR count). The molecule has 1 aliphatic heterocycles. The van der Waals surface area contributed by atoms with Crippen molar-refractivity contribution in [3.63, 3.8) is 0 Å². The lowest BCUT2D eigenvalue weighted by molar-refractivity contribution is -0.0862. The van der Waals surface area contributed by atoms with Gasteiger partial charge in [-0.25, -0.2) is 0 Å². The lowest BCUT2D eigenvalue weighted by atomic mass is 9.75.